The standard InChI is InChI=1S/C11H16NO2Si/c1-4-14-15(3)12-11(13)10-8-6-5-7-9(10)2/h5-8H,4H2,1-3H3,(H,12,13). The molecule has 1 radical (unpaired) electrons. The number of benzene rings is 1. The van der Waals surface area contributed by atoms with Crippen LogP contribution in [0.2, 0.25) is 6.55 Å². The van der Waals surface area contributed by atoms with Gasteiger partial charge in [-0.15, -0.1) is 0 Å². The molecule has 3 nitrogen and oxygen atoms in total. The third-order valence-corrected chi connectivity index (χ3v) is 3.34. The summed E-state index contributed by atoms with van der Waals surface area (Å²) in [5, 5.41) is 0. The normalized spacial score (nSPS) is 10.4. The summed E-state index contributed by atoms with van der Waals surface area (Å²) < 4.78 is 5.34. The molecule has 0 heterocycles. The van der Waals surface area contributed by atoms with E-state index < -0.39 is 9.20 Å². The minimum Gasteiger partial charge on any atom is -0.399 e. The number of rotatable bonds is 4. The molecule has 0 aromatic heterocycles. The predicted octanol–water partition coefficient (Wildman–Crippen LogP) is 1.88. The van der Waals surface area contributed by atoms with Crippen LogP contribution in [-0.4, -0.2) is 21.7 Å². The molecule has 0 aliphatic carbocycles. The third kappa shape index (κ3) is 3.49. The number of amides is 1. The van der Waals surface area contributed by atoms with E-state index >= 15 is 0 Å². The van der Waals surface area contributed by atoms with Crippen LogP contribution in [-0.2, 0) is 4.43 Å². The van der Waals surface area contributed by atoms with Crippen molar-refractivity contribution in [2.24, 2.45) is 0 Å². The highest BCUT2D eigenvalue weighted by atomic mass is 28.3. The maximum absolute atomic E-state index is 11.8. The molecule has 0 fully saturated rings. The van der Waals surface area contributed by atoms with Crippen molar-refractivity contribution >= 4 is 15.1 Å². The first-order valence-electron chi connectivity index (χ1n) is 4.98. The van der Waals surface area contributed by atoms with Crippen molar-refractivity contribution in [3.05, 3.63) is 35.4 Å². The van der Waals surface area contributed by atoms with Gasteiger partial charge in [0.15, 0.2) is 0 Å². The summed E-state index contributed by atoms with van der Waals surface area (Å²) in [5.74, 6) is -0.0436. The predicted molar refractivity (Wildman–Crippen MR) is 61.9 cm³/mol. The van der Waals surface area contributed by atoms with Crippen molar-refractivity contribution in [1.82, 2.24) is 4.98 Å². The van der Waals surface area contributed by atoms with Gasteiger partial charge in [-0.05, 0) is 32.0 Å². The molecule has 0 saturated heterocycles. The Bertz CT molecular complexity index is 341. The van der Waals surface area contributed by atoms with Crippen molar-refractivity contribution in [3.8, 4) is 0 Å². The Hall–Kier alpha value is -1.13. The highest BCUT2D eigenvalue weighted by Gasteiger charge is 2.13. The summed E-state index contributed by atoms with van der Waals surface area (Å²) in [6.45, 7) is 6.41. The summed E-state index contributed by atoms with van der Waals surface area (Å²) in [4.78, 5) is 14.7. The fraction of sp³-hybridized carbons (Fsp3) is 0.364. The van der Waals surface area contributed by atoms with E-state index in [2.05, 4.69) is 4.98 Å². The first-order chi connectivity index (χ1) is 7.15. The molecule has 0 bridgehead atoms. The lowest BCUT2D eigenvalue weighted by Gasteiger charge is -2.11. The summed E-state index contributed by atoms with van der Waals surface area (Å²) in [6.07, 6.45) is 0. The first-order valence-corrected chi connectivity index (χ1v) is 6.89. The smallest absolute Gasteiger partial charge is 0.337 e. The van der Waals surface area contributed by atoms with Gasteiger partial charge in [-0.3, -0.25) is 4.79 Å². The number of aryl methyl sites for hydroxylation is 1. The van der Waals surface area contributed by atoms with E-state index in [4.69, 9.17) is 4.43 Å². The zero-order valence-corrected chi connectivity index (χ0v) is 10.3. The van der Waals surface area contributed by atoms with Gasteiger partial charge >= 0.3 is 9.20 Å². The molecule has 0 atom stereocenters. The Morgan fingerprint density at radius 2 is 2.13 bits per heavy atom. The van der Waals surface area contributed by atoms with Gasteiger partial charge in [0.1, 0.15) is 0 Å². The van der Waals surface area contributed by atoms with Gasteiger partial charge in [0.05, 0.1) is 0 Å². The van der Waals surface area contributed by atoms with Crippen molar-refractivity contribution in [2.75, 3.05) is 6.61 Å². The molecule has 0 saturated carbocycles. The number of hydrogen-bond donors (Lipinski definition) is 1. The molecular formula is C11H16NO2Si. The number of nitrogens with one attached hydrogen (secondary N) is 1. The second-order valence-electron chi connectivity index (χ2n) is 3.26. The average Bonchev–Trinajstić information content (AvgIpc) is 2.18. The van der Waals surface area contributed by atoms with E-state index in [9.17, 15) is 4.79 Å². The zero-order valence-electron chi connectivity index (χ0n) is 9.33. The highest BCUT2D eigenvalue weighted by molar-refractivity contribution is 6.51. The maximum Gasteiger partial charge on any atom is 0.337 e. The molecule has 1 rings (SSSR count). The van der Waals surface area contributed by atoms with E-state index in [1.807, 2.05) is 44.7 Å². The Labute approximate surface area is 92.3 Å². The monoisotopic (exact) mass is 222 g/mol. The molecule has 1 aromatic rings. The van der Waals surface area contributed by atoms with Crippen LogP contribution in [0.25, 0.3) is 0 Å². The molecule has 4 heteroatoms. The molecule has 0 aliphatic rings. The van der Waals surface area contributed by atoms with Gasteiger partial charge in [-0.2, -0.15) is 0 Å². The van der Waals surface area contributed by atoms with Crippen LogP contribution >= 0.6 is 0 Å². The highest BCUT2D eigenvalue weighted by Crippen LogP contribution is 2.06. The largest absolute Gasteiger partial charge is 0.399 e. The van der Waals surface area contributed by atoms with Gasteiger partial charge in [-0.25, -0.2) is 0 Å². The fourth-order valence-electron chi connectivity index (χ4n) is 1.31. The van der Waals surface area contributed by atoms with E-state index in [1.165, 1.54) is 0 Å². The molecule has 1 amide bonds. The Kier molecular flexibility index (Phi) is 4.52. The third-order valence-electron chi connectivity index (χ3n) is 2.04. The zero-order chi connectivity index (χ0) is 11.3. The van der Waals surface area contributed by atoms with E-state index in [-0.39, 0.29) is 5.91 Å². The van der Waals surface area contributed by atoms with Gasteiger partial charge in [0.2, 0.25) is 5.91 Å². The number of carbonyl (C=O) groups is 1. The van der Waals surface area contributed by atoms with Crippen LogP contribution in [0.1, 0.15) is 22.8 Å². The van der Waals surface area contributed by atoms with Crippen LogP contribution in [0.5, 0.6) is 0 Å². The summed E-state index contributed by atoms with van der Waals surface area (Å²) in [7, 11) is -1.20. The number of hydrogen-bond acceptors (Lipinski definition) is 2. The summed E-state index contributed by atoms with van der Waals surface area (Å²) in [6, 6.07) is 7.54. The summed E-state index contributed by atoms with van der Waals surface area (Å²) in [5.41, 5.74) is 1.71. The van der Waals surface area contributed by atoms with Crippen LogP contribution < -0.4 is 4.98 Å². The second kappa shape index (κ2) is 5.68. The molecule has 15 heavy (non-hydrogen) atoms. The minimum absolute atomic E-state index is 0.0436. The van der Waals surface area contributed by atoms with Gasteiger partial charge in [0, 0.05) is 12.2 Å². The lowest BCUT2D eigenvalue weighted by Crippen LogP contribution is -2.39. The van der Waals surface area contributed by atoms with Crippen LogP contribution in [0, 0.1) is 6.92 Å². The first kappa shape index (κ1) is 11.9. The quantitative estimate of drug-likeness (QED) is 0.790. The molecule has 1 aromatic carbocycles. The topological polar surface area (TPSA) is 38.3 Å². The van der Waals surface area contributed by atoms with Gasteiger partial charge < -0.3 is 9.41 Å². The molecule has 0 unspecified atom stereocenters. The van der Waals surface area contributed by atoms with E-state index in [0.717, 1.165) is 11.1 Å². The van der Waals surface area contributed by atoms with Gasteiger partial charge in [-0.1, -0.05) is 18.2 Å². The molecule has 0 aliphatic heterocycles. The number of carbonyl (C=O) groups excluding carboxylic acids is 1. The molecule has 1 N–H and O–H groups in total. The molecule has 81 valence electrons. The lowest BCUT2D eigenvalue weighted by atomic mass is 10.1. The summed E-state index contributed by atoms with van der Waals surface area (Å²) >= 11 is 0. The molecular weight excluding hydrogens is 206 g/mol. The maximum atomic E-state index is 11.8. The Morgan fingerprint density at radius 3 is 2.73 bits per heavy atom. The van der Waals surface area contributed by atoms with Crippen LogP contribution in [0.3, 0.4) is 0 Å². The van der Waals surface area contributed by atoms with Gasteiger partial charge in [0.25, 0.3) is 0 Å². The molecule has 0 spiro atoms. The van der Waals surface area contributed by atoms with E-state index in [0.29, 0.717) is 6.61 Å². The Balaban J connectivity index is 2.65. The van der Waals surface area contributed by atoms with Crippen molar-refractivity contribution in [3.63, 3.8) is 0 Å². The Morgan fingerprint density at radius 1 is 1.47 bits per heavy atom. The minimum atomic E-state index is -1.20. The average molecular weight is 222 g/mol. The van der Waals surface area contributed by atoms with E-state index in [1.54, 1.807) is 0 Å². The van der Waals surface area contributed by atoms with Crippen molar-refractivity contribution in [1.29, 1.82) is 0 Å². The SMILES string of the molecule is CCO[Si](C)NC(=O)c1ccccc1C. The van der Waals surface area contributed by atoms with Crippen LogP contribution in [0.15, 0.2) is 24.3 Å². The second-order valence-corrected chi connectivity index (χ2v) is 4.91. The van der Waals surface area contributed by atoms with Crippen molar-refractivity contribution in [2.45, 2.75) is 20.4 Å². The fourth-order valence-corrected chi connectivity index (χ4v) is 2.27. The van der Waals surface area contributed by atoms with Crippen molar-refractivity contribution < 1.29 is 9.22 Å². The lowest BCUT2D eigenvalue weighted by molar-refractivity contribution is 0.0972. The van der Waals surface area contributed by atoms with Crippen LogP contribution in [0.4, 0.5) is 0 Å².